The van der Waals surface area contributed by atoms with Crippen LogP contribution in [0, 0.1) is 12.7 Å². The van der Waals surface area contributed by atoms with E-state index >= 15 is 0 Å². The number of aromatic nitrogens is 1. The zero-order chi connectivity index (χ0) is 23.3. The van der Waals surface area contributed by atoms with Gasteiger partial charge in [-0.2, -0.15) is 0 Å². The van der Waals surface area contributed by atoms with Crippen LogP contribution in [0.2, 0.25) is 0 Å². The Kier molecular flexibility index (Phi) is 7.65. The summed E-state index contributed by atoms with van der Waals surface area (Å²) in [6.45, 7) is 6.15. The standard InChI is InChI=1S/C19H18FNO4S.C4H10N2/c1-12-16(9-13-3-6-15(7-4-13)26(2,24)25)17-10-14(20)5-8-18(17)21(12)11-19(22)23;1-2-6-4-3-5-1/h3-8,10H,9,11H2,1-2H3,(H,22,23);5-6H,1-4H2. The van der Waals surface area contributed by atoms with Crippen LogP contribution in [0.25, 0.3) is 10.9 Å². The van der Waals surface area contributed by atoms with Crippen molar-refractivity contribution in [3.63, 3.8) is 0 Å². The molecule has 0 amide bonds. The number of piperazine rings is 1. The summed E-state index contributed by atoms with van der Waals surface area (Å²) in [5.41, 5.74) is 3.10. The molecule has 172 valence electrons. The molecule has 1 aliphatic heterocycles. The van der Waals surface area contributed by atoms with Crippen molar-refractivity contribution >= 4 is 26.7 Å². The Morgan fingerprint density at radius 3 is 2.16 bits per heavy atom. The smallest absolute Gasteiger partial charge is 0.323 e. The van der Waals surface area contributed by atoms with E-state index in [-0.39, 0.29) is 11.4 Å². The first-order valence-corrected chi connectivity index (χ1v) is 12.3. The highest BCUT2D eigenvalue weighted by Gasteiger charge is 2.17. The van der Waals surface area contributed by atoms with Gasteiger partial charge in [-0.1, -0.05) is 12.1 Å². The number of nitrogens with one attached hydrogen (secondary N) is 2. The molecule has 2 aromatic carbocycles. The molecule has 7 nitrogen and oxygen atoms in total. The van der Waals surface area contributed by atoms with Gasteiger partial charge >= 0.3 is 5.97 Å². The Morgan fingerprint density at radius 2 is 1.66 bits per heavy atom. The Balaban J connectivity index is 0.000000416. The zero-order valence-corrected chi connectivity index (χ0v) is 19.0. The first kappa shape index (κ1) is 23.9. The van der Waals surface area contributed by atoms with Gasteiger partial charge in [-0.3, -0.25) is 4.79 Å². The lowest BCUT2D eigenvalue weighted by atomic mass is 10.0. The van der Waals surface area contributed by atoms with E-state index < -0.39 is 21.6 Å². The van der Waals surface area contributed by atoms with E-state index in [9.17, 15) is 17.6 Å². The molecule has 0 saturated carbocycles. The molecule has 0 spiro atoms. The summed E-state index contributed by atoms with van der Waals surface area (Å²) in [5, 5.41) is 16.3. The first-order valence-electron chi connectivity index (χ1n) is 10.4. The van der Waals surface area contributed by atoms with Crippen LogP contribution in [0.5, 0.6) is 0 Å². The minimum Gasteiger partial charge on any atom is -0.480 e. The van der Waals surface area contributed by atoms with E-state index in [1.807, 2.05) is 0 Å². The van der Waals surface area contributed by atoms with Crippen molar-refractivity contribution < 1.29 is 22.7 Å². The van der Waals surface area contributed by atoms with Gasteiger partial charge in [-0.25, -0.2) is 12.8 Å². The highest BCUT2D eigenvalue weighted by molar-refractivity contribution is 7.90. The number of nitrogens with zero attached hydrogens (tertiary/aromatic N) is 1. The molecule has 0 radical (unpaired) electrons. The Hall–Kier alpha value is -2.75. The van der Waals surface area contributed by atoms with Gasteiger partial charge in [-0.05, 0) is 54.8 Å². The number of carboxylic acids is 1. The van der Waals surface area contributed by atoms with Crippen LogP contribution >= 0.6 is 0 Å². The number of halogens is 1. The van der Waals surface area contributed by atoms with Crippen LogP contribution in [0.3, 0.4) is 0 Å². The van der Waals surface area contributed by atoms with Gasteiger partial charge in [-0.15, -0.1) is 0 Å². The number of hydrogen-bond donors (Lipinski definition) is 3. The molecule has 9 heteroatoms. The molecular weight excluding hydrogens is 433 g/mol. The van der Waals surface area contributed by atoms with Gasteiger partial charge in [0, 0.05) is 49.0 Å². The van der Waals surface area contributed by atoms with E-state index in [4.69, 9.17) is 5.11 Å². The number of carboxylic acid groups (broad SMARTS) is 1. The quantitative estimate of drug-likeness (QED) is 0.539. The average molecular weight is 462 g/mol. The van der Waals surface area contributed by atoms with Crippen molar-refractivity contribution in [2.45, 2.75) is 24.8 Å². The van der Waals surface area contributed by atoms with E-state index in [1.54, 1.807) is 29.7 Å². The molecular formula is C23H28FN3O4S. The maximum atomic E-state index is 13.8. The van der Waals surface area contributed by atoms with Gasteiger partial charge in [0.15, 0.2) is 9.84 Å². The normalized spacial score (nSPS) is 14.1. The molecule has 3 N–H and O–H groups in total. The second kappa shape index (κ2) is 10.2. The molecule has 1 aliphatic rings. The van der Waals surface area contributed by atoms with E-state index in [0.717, 1.165) is 49.3 Å². The fourth-order valence-corrected chi connectivity index (χ4v) is 4.38. The number of sulfone groups is 1. The number of hydrogen-bond acceptors (Lipinski definition) is 5. The third-order valence-corrected chi connectivity index (χ3v) is 6.53. The summed E-state index contributed by atoms with van der Waals surface area (Å²) in [4.78, 5) is 11.4. The van der Waals surface area contributed by atoms with E-state index in [0.29, 0.717) is 17.3 Å². The van der Waals surface area contributed by atoms with Crippen molar-refractivity contribution in [1.29, 1.82) is 0 Å². The molecule has 4 rings (SSSR count). The summed E-state index contributed by atoms with van der Waals surface area (Å²) in [5.74, 6) is -1.36. The van der Waals surface area contributed by atoms with Crippen LogP contribution in [0.1, 0.15) is 16.8 Å². The highest BCUT2D eigenvalue weighted by atomic mass is 32.2. The van der Waals surface area contributed by atoms with Crippen molar-refractivity contribution in [2.24, 2.45) is 0 Å². The largest absolute Gasteiger partial charge is 0.480 e. The average Bonchev–Trinajstić information content (AvgIpc) is 3.00. The predicted molar refractivity (Wildman–Crippen MR) is 122 cm³/mol. The zero-order valence-electron chi connectivity index (χ0n) is 18.2. The molecule has 3 aromatic rings. The molecule has 0 bridgehead atoms. The minimum absolute atomic E-state index is 0.207. The maximum absolute atomic E-state index is 13.8. The second-order valence-electron chi connectivity index (χ2n) is 7.80. The number of carbonyl (C=O) groups is 1. The molecule has 0 atom stereocenters. The monoisotopic (exact) mass is 461 g/mol. The van der Waals surface area contributed by atoms with Crippen LogP contribution in [0.15, 0.2) is 47.4 Å². The minimum atomic E-state index is -3.27. The first-order chi connectivity index (χ1) is 15.2. The lowest BCUT2D eigenvalue weighted by Gasteiger charge is -2.11. The lowest BCUT2D eigenvalue weighted by Crippen LogP contribution is -2.39. The predicted octanol–water partition coefficient (Wildman–Crippen LogP) is 2.35. The summed E-state index contributed by atoms with van der Waals surface area (Å²) < 4.78 is 38.5. The van der Waals surface area contributed by atoms with E-state index in [2.05, 4.69) is 10.6 Å². The maximum Gasteiger partial charge on any atom is 0.323 e. The third kappa shape index (κ3) is 5.93. The lowest BCUT2D eigenvalue weighted by molar-refractivity contribution is -0.137. The van der Waals surface area contributed by atoms with Gasteiger partial charge in [0.05, 0.1) is 4.90 Å². The molecule has 1 saturated heterocycles. The Bertz CT molecular complexity index is 1190. The number of rotatable bonds is 5. The van der Waals surface area contributed by atoms with Gasteiger partial charge in [0.2, 0.25) is 0 Å². The number of aliphatic carboxylic acids is 1. The third-order valence-electron chi connectivity index (χ3n) is 5.40. The SMILES string of the molecule is C1CNCCN1.Cc1c(Cc2ccc(S(C)(=O)=O)cc2)c2cc(F)ccc2n1CC(=O)O. The fraction of sp³-hybridized carbons (Fsp3) is 0.348. The number of benzene rings is 2. The topological polar surface area (TPSA) is 100 Å². The van der Waals surface area contributed by atoms with Crippen molar-refractivity contribution in [3.8, 4) is 0 Å². The van der Waals surface area contributed by atoms with Crippen molar-refractivity contribution in [2.75, 3.05) is 32.4 Å². The summed E-state index contributed by atoms with van der Waals surface area (Å²) in [6.07, 6.45) is 1.59. The van der Waals surface area contributed by atoms with Gasteiger partial charge < -0.3 is 20.3 Å². The van der Waals surface area contributed by atoms with Crippen LogP contribution in [-0.2, 0) is 27.6 Å². The molecule has 0 unspecified atom stereocenters. The fourth-order valence-electron chi connectivity index (χ4n) is 3.75. The summed E-state index contributed by atoms with van der Waals surface area (Å²) >= 11 is 0. The molecule has 32 heavy (non-hydrogen) atoms. The van der Waals surface area contributed by atoms with Crippen molar-refractivity contribution in [1.82, 2.24) is 15.2 Å². The van der Waals surface area contributed by atoms with Crippen molar-refractivity contribution in [3.05, 3.63) is 65.1 Å². The van der Waals surface area contributed by atoms with E-state index in [1.165, 1.54) is 24.3 Å². The Labute approximate surface area is 187 Å². The summed E-state index contributed by atoms with van der Waals surface area (Å²) in [6, 6.07) is 10.8. The van der Waals surface area contributed by atoms with Gasteiger partial charge in [0.25, 0.3) is 0 Å². The molecule has 1 fully saturated rings. The second-order valence-corrected chi connectivity index (χ2v) is 9.81. The molecule has 0 aliphatic carbocycles. The molecule has 2 heterocycles. The van der Waals surface area contributed by atoms with Crippen LogP contribution < -0.4 is 10.6 Å². The molecule has 1 aromatic heterocycles. The van der Waals surface area contributed by atoms with Crippen LogP contribution in [-0.4, -0.2) is 56.5 Å². The number of fused-ring (bicyclic) bond motifs is 1. The van der Waals surface area contributed by atoms with Crippen LogP contribution in [0.4, 0.5) is 4.39 Å². The van der Waals surface area contributed by atoms with Gasteiger partial charge in [0.1, 0.15) is 12.4 Å². The highest BCUT2D eigenvalue weighted by Crippen LogP contribution is 2.29. The summed E-state index contributed by atoms with van der Waals surface area (Å²) in [7, 11) is -3.27. The Morgan fingerprint density at radius 1 is 1.06 bits per heavy atom.